The Morgan fingerprint density at radius 3 is 2.64 bits per heavy atom. The summed E-state index contributed by atoms with van der Waals surface area (Å²) in [7, 11) is 2.23. The number of hydrogen-bond donors (Lipinski definition) is 2. The highest BCUT2D eigenvalue weighted by Gasteiger charge is 2.23. The summed E-state index contributed by atoms with van der Waals surface area (Å²) in [5, 5.41) is 6.79. The number of benzene rings is 1. The third-order valence-electron chi connectivity index (χ3n) is 4.47. The molecule has 0 bridgehead atoms. The molecule has 0 spiro atoms. The fourth-order valence-electron chi connectivity index (χ4n) is 3.06. The van der Waals surface area contributed by atoms with Crippen molar-refractivity contribution < 1.29 is 0 Å². The summed E-state index contributed by atoms with van der Waals surface area (Å²) in [5.74, 6) is 1.11. The summed E-state index contributed by atoms with van der Waals surface area (Å²) in [4.78, 5) is 8.92. The van der Waals surface area contributed by atoms with Gasteiger partial charge < -0.3 is 15.5 Å². The maximum Gasteiger partial charge on any atom is 0.241 e. The number of hydrogen-bond acceptors (Lipinski definition) is 5. The molecule has 3 N–H and O–H groups in total. The van der Waals surface area contributed by atoms with Gasteiger partial charge in [0.15, 0.2) is 0 Å². The van der Waals surface area contributed by atoms with Gasteiger partial charge in [-0.2, -0.15) is 4.98 Å². The minimum absolute atomic E-state index is 0.317. The summed E-state index contributed by atoms with van der Waals surface area (Å²) in [6, 6.07) is 11.3. The third-order valence-corrected chi connectivity index (χ3v) is 4.47. The number of anilines is 2. The van der Waals surface area contributed by atoms with E-state index in [1.54, 1.807) is 0 Å². The van der Waals surface area contributed by atoms with E-state index in [4.69, 9.17) is 5.73 Å². The molecule has 2 heterocycles. The topological polar surface area (TPSA) is 74.1 Å². The average molecular weight is 300 g/mol. The SMILES string of the molecule is CN(CCc1ccccc1)C1CCN(c2nc(N)n[nH]2)CC1. The second-order valence-electron chi connectivity index (χ2n) is 5.95. The Balaban J connectivity index is 1.46. The second-order valence-corrected chi connectivity index (χ2v) is 5.95. The first kappa shape index (κ1) is 14.8. The van der Waals surface area contributed by atoms with Crippen LogP contribution in [-0.4, -0.2) is 52.8 Å². The highest BCUT2D eigenvalue weighted by molar-refractivity contribution is 5.34. The first-order valence-corrected chi connectivity index (χ1v) is 7.89. The Hall–Kier alpha value is -2.08. The van der Waals surface area contributed by atoms with E-state index in [1.807, 2.05) is 0 Å². The highest BCUT2D eigenvalue weighted by Crippen LogP contribution is 2.19. The molecule has 118 valence electrons. The fourth-order valence-corrected chi connectivity index (χ4v) is 3.06. The molecule has 22 heavy (non-hydrogen) atoms. The van der Waals surface area contributed by atoms with Crippen LogP contribution < -0.4 is 10.6 Å². The Labute approximate surface area is 131 Å². The Kier molecular flexibility index (Phi) is 4.58. The van der Waals surface area contributed by atoms with E-state index in [0.717, 1.165) is 44.8 Å². The van der Waals surface area contributed by atoms with Gasteiger partial charge in [-0.3, -0.25) is 0 Å². The summed E-state index contributed by atoms with van der Waals surface area (Å²) in [6.45, 7) is 3.09. The van der Waals surface area contributed by atoms with Crippen molar-refractivity contribution in [2.24, 2.45) is 0 Å². The number of aromatic amines is 1. The van der Waals surface area contributed by atoms with Gasteiger partial charge in [-0.05, 0) is 31.9 Å². The lowest BCUT2D eigenvalue weighted by atomic mass is 10.0. The van der Waals surface area contributed by atoms with Gasteiger partial charge in [0.1, 0.15) is 0 Å². The van der Waals surface area contributed by atoms with Gasteiger partial charge in [-0.15, -0.1) is 5.10 Å². The van der Waals surface area contributed by atoms with Crippen LogP contribution in [0.2, 0.25) is 0 Å². The molecule has 1 aromatic carbocycles. The highest BCUT2D eigenvalue weighted by atomic mass is 15.4. The molecule has 1 aliphatic heterocycles. The van der Waals surface area contributed by atoms with Crippen molar-refractivity contribution in [3.05, 3.63) is 35.9 Å². The van der Waals surface area contributed by atoms with Crippen molar-refractivity contribution in [2.75, 3.05) is 37.3 Å². The molecule has 2 aromatic rings. The molecule has 1 aromatic heterocycles. The molecule has 0 atom stereocenters. The number of nitrogen functional groups attached to an aromatic ring is 1. The number of likely N-dealkylation sites (N-methyl/N-ethyl adjacent to an activating group) is 1. The number of aromatic nitrogens is 3. The quantitative estimate of drug-likeness (QED) is 0.876. The van der Waals surface area contributed by atoms with Gasteiger partial charge in [-0.25, -0.2) is 5.10 Å². The predicted octanol–water partition coefficient (Wildman–Crippen LogP) is 1.53. The van der Waals surface area contributed by atoms with Crippen LogP contribution in [0.15, 0.2) is 30.3 Å². The normalized spacial score (nSPS) is 16.4. The number of nitrogens with zero attached hydrogens (tertiary/aromatic N) is 4. The lowest BCUT2D eigenvalue weighted by Gasteiger charge is -2.36. The zero-order chi connectivity index (χ0) is 15.4. The molecule has 3 rings (SSSR count). The largest absolute Gasteiger partial charge is 0.366 e. The van der Waals surface area contributed by atoms with Gasteiger partial charge in [0.2, 0.25) is 11.9 Å². The zero-order valence-corrected chi connectivity index (χ0v) is 13.1. The molecule has 0 radical (unpaired) electrons. The number of nitrogens with one attached hydrogen (secondary N) is 1. The lowest BCUT2D eigenvalue weighted by Crippen LogP contribution is -2.44. The van der Waals surface area contributed by atoms with Crippen LogP contribution in [0.25, 0.3) is 0 Å². The summed E-state index contributed by atoms with van der Waals surface area (Å²) < 4.78 is 0. The van der Waals surface area contributed by atoms with Gasteiger partial charge >= 0.3 is 0 Å². The molecule has 0 amide bonds. The van der Waals surface area contributed by atoms with E-state index in [-0.39, 0.29) is 0 Å². The van der Waals surface area contributed by atoms with E-state index >= 15 is 0 Å². The number of nitrogens with two attached hydrogens (primary N) is 1. The molecule has 1 aliphatic rings. The summed E-state index contributed by atoms with van der Waals surface area (Å²) >= 11 is 0. The number of piperidine rings is 1. The molecule has 1 fully saturated rings. The van der Waals surface area contributed by atoms with Gasteiger partial charge in [-0.1, -0.05) is 30.3 Å². The Morgan fingerprint density at radius 1 is 1.27 bits per heavy atom. The zero-order valence-electron chi connectivity index (χ0n) is 13.1. The van der Waals surface area contributed by atoms with Crippen molar-refractivity contribution in [3.63, 3.8) is 0 Å². The van der Waals surface area contributed by atoms with Crippen LogP contribution in [0.1, 0.15) is 18.4 Å². The minimum Gasteiger partial charge on any atom is -0.366 e. The second kappa shape index (κ2) is 6.79. The van der Waals surface area contributed by atoms with E-state index in [1.165, 1.54) is 5.56 Å². The molecule has 0 aliphatic carbocycles. The molecule has 6 nitrogen and oxygen atoms in total. The van der Waals surface area contributed by atoms with Gasteiger partial charge in [0, 0.05) is 25.7 Å². The smallest absolute Gasteiger partial charge is 0.241 e. The molecule has 1 saturated heterocycles. The van der Waals surface area contributed by atoms with E-state index in [0.29, 0.717) is 12.0 Å². The van der Waals surface area contributed by atoms with Crippen molar-refractivity contribution in [2.45, 2.75) is 25.3 Å². The summed E-state index contributed by atoms with van der Waals surface area (Å²) in [6.07, 6.45) is 3.40. The molecule has 6 heteroatoms. The van der Waals surface area contributed by atoms with Gasteiger partial charge in [0.05, 0.1) is 0 Å². The van der Waals surface area contributed by atoms with Crippen molar-refractivity contribution >= 4 is 11.9 Å². The predicted molar refractivity (Wildman–Crippen MR) is 88.8 cm³/mol. The standard InChI is InChI=1S/C16H24N6/c1-21(10-7-13-5-3-2-4-6-13)14-8-11-22(12-9-14)16-18-15(17)19-20-16/h2-6,14H,7-12H2,1H3,(H3,17,18,19,20). The number of rotatable bonds is 5. The van der Waals surface area contributed by atoms with Crippen molar-refractivity contribution in [1.82, 2.24) is 20.1 Å². The molecule has 0 unspecified atom stereocenters. The molecule has 0 saturated carbocycles. The van der Waals surface area contributed by atoms with E-state index in [2.05, 4.69) is 62.4 Å². The lowest BCUT2D eigenvalue weighted by molar-refractivity contribution is 0.209. The number of H-pyrrole nitrogens is 1. The first-order chi connectivity index (χ1) is 10.7. The van der Waals surface area contributed by atoms with E-state index < -0.39 is 0 Å². The minimum atomic E-state index is 0.317. The van der Waals surface area contributed by atoms with Crippen molar-refractivity contribution in [1.29, 1.82) is 0 Å². The monoisotopic (exact) mass is 300 g/mol. The molecular weight excluding hydrogens is 276 g/mol. The first-order valence-electron chi connectivity index (χ1n) is 7.89. The fraction of sp³-hybridized carbons (Fsp3) is 0.500. The van der Waals surface area contributed by atoms with E-state index in [9.17, 15) is 0 Å². The van der Waals surface area contributed by atoms with Crippen molar-refractivity contribution in [3.8, 4) is 0 Å². The van der Waals surface area contributed by atoms with Crippen LogP contribution in [-0.2, 0) is 6.42 Å². The Bertz CT molecular complexity index is 573. The van der Waals surface area contributed by atoms with Crippen LogP contribution in [0.5, 0.6) is 0 Å². The van der Waals surface area contributed by atoms with Crippen LogP contribution in [0.3, 0.4) is 0 Å². The maximum atomic E-state index is 5.57. The van der Waals surface area contributed by atoms with Gasteiger partial charge in [0.25, 0.3) is 0 Å². The van der Waals surface area contributed by atoms with Crippen LogP contribution in [0.4, 0.5) is 11.9 Å². The third kappa shape index (κ3) is 3.57. The molecular formula is C16H24N6. The average Bonchev–Trinajstić information content (AvgIpc) is 3.00. The Morgan fingerprint density at radius 2 is 2.00 bits per heavy atom. The van der Waals surface area contributed by atoms with Crippen LogP contribution >= 0.6 is 0 Å². The van der Waals surface area contributed by atoms with Crippen LogP contribution in [0, 0.1) is 0 Å². The maximum absolute atomic E-state index is 5.57. The summed E-state index contributed by atoms with van der Waals surface area (Å²) in [5.41, 5.74) is 6.97.